The van der Waals surface area contributed by atoms with Gasteiger partial charge < -0.3 is 9.84 Å². The van der Waals surface area contributed by atoms with E-state index in [9.17, 15) is 5.11 Å². The number of ether oxygens (including phenoxy) is 1. The Morgan fingerprint density at radius 1 is 1.42 bits per heavy atom. The molecule has 0 bridgehead atoms. The third-order valence-corrected chi connectivity index (χ3v) is 3.87. The third-order valence-electron chi connectivity index (χ3n) is 3.87. The molecule has 1 aliphatic rings. The number of aromatic nitrogens is 1. The molecule has 19 heavy (non-hydrogen) atoms. The average molecular weight is 264 g/mol. The van der Waals surface area contributed by atoms with Crippen LogP contribution in [-0.2, 0) is 6.54 Å². The molecule has 0 aromatic carbocycles. The summed E-state index contributed by atoms with van der Waals surface area (Å²) in [6.07, 6.45) is 3.77. The number of pyridine rings is 1. The molecule has 0 amide bonds. The molecule has 0 aliphatic carbocycles. The Kier molecular flexibility index (Phi) is 4.11. The average Bonchev–Trinajstić information content (AvgIpc) is 2.31. The Morgan fingerprint density at radius 2 is 2.11 bits per heavy atom. The quantitative estimate of drug-likeness (QED) is 0.884. The molecule has 4 nitrogen and oxygen atoms in total. The molecular formula is C15H24N2O2. The van der Waals surface area contributed by atoms with Gasteiger partial charge in [-0.05, 0) is 20.3 Å². The SMILES string of the molecule is CCCC1(O)CN(Cc2ncc(C)c(OC)c2C)C1. The Morgan fingerprint density at radius 3 is 2.68 bits per heavy atom. The maximum atomic E-state index is 10.2. The van der Waals surface area contributed by atoms with E-state index in [1.54, 1.807) is 7.11 Å². The molecule has 106 valence electrons. The van der Waals surface area contributed by atoms with Crippen LogP contribution in [0.4, 0.5) is 0 Å². The van der Waals surface area contributed by atoms with Gasteiger partial charge in [0.2, 0.25) is 0 Å². The van der Waals surface area contributed by atoms with E-state index in [4.69, 9.17) is 4.74 Å². The van der Waals surface area contributed by atoms with Crippen molar-refractivity contribution in [2.45, 2.75) is 45.8 Å². The van der Waals surface area contributed by atoms with Crippen molar-refractivity contribution in [3.8, 4) is 5.75 Å². The van der Waals surface area contributed by atoms with E-state index < -0.39 is 5.60 Å². The first kappa shape index (κ1) is 14.3. The molecule has 1 aromatic rings. The molecule has 2 rings (SSSR count). The van der Waals surface area contributed by atoms with Gasteiger partial charge in [-0.1, -0.05) is 13.3 Å². The Labute approximate surface area is 115 Å². The zero-order valence-electron chi connectivity index (χ0n) is 12.4. The first-order valence-electron chi connectivity index (χ1n) is 6.93. The Balaban J connectivity index is 2.02. The molecule has 4 heteroatoms. The third kappa shape index (κ3) is 2.90. The van der Waals surface area contributed by atoms with Crippen molar-refractivity contribution in [1.82, 2.24) is 9.88 Å². The normalized spacial score (nSPS) is 18.2. The minimum absolute atomic E-state index is 0.475. The lowest BCUT2D eigenvalue weighted by Gasteiger charge is -2.46. The Hall–Kier alpha value is -1.13. The summed E-state index contributed by atoms with van der Waals surface area (Å²) in [5.41, 5.74) is 2.74. The molecule has 2 heterocycles. The fourth-order valence-corrected chi connectivity index (χ4v) is 2.96. The van der Waals surface area contributed by atoms with Gasteiger partial charge in [-0.25, -0.2) is 0 Å². The van der Waals surface area contributed by atoms with Gasteiger partial charge in [0.25, 0.3) is 0 Å². The minimum Gasteiger partial charge on any atom is -0.496 e. The summed E-state index contributed by atoms with van der Waals surface area (Å²) in [5.74, 6) is 0.925. The lowest BCUT2D eigenvalue weighted by Crippen LogP contribution is -2.61. The van der Waals surface area contributed by atoms with E-state index in [-0.39, 0.29) is 0 Å². The summed E-state index contributed by atoms with van der Waals surface area (Å²) in [4.78, 5) is 6.73. The van der Waals surface area contributed by atoms with E-state index in [0.29, 0.717) is 0 Å². The monoisotopic (exact) mass is 264 g/mol. The molecular weight excluding hydrogens is 240 g/mol. The van der Waals surface area contributed by atoms with E-state index in [1.165, 1.54) is 0 Å². The number of nitrogens with zero attached hydrogens (tertiary/aromatic N) is 2. The van der Waals surface area contributed by atoms with Crippen LogP contribution in [0.15, 0.2) is 6.20 Å². The summed E-state index contributed by atoms with van der Waals surface area (Å²) >= 11 is 0. The van der Waals surface area contributed by atoms with Crippen molar-refractivity contribution in [1.29, 1.82) is 0 Å². The summed E-state index contributed by atoms with van der Waals surface area (Å²) in [7, 11) is 1.70. The second-order valence-corrected chi connectivity index (χ2v) is 5.67. The van der Waals surface area contributed by atoms with Crippen molar-refractivity contribution >= 4 is 0 Å². The molecule has 1 aromatic heterocycles. The number of likely N-dealkylation sites (tertiary alicyclic amines) is 1. The highest BCUT2D eigenvalue weighted by Crippen LogP contribution is 2.29. The minimum atomic E-state index is -0.475. The van der Waals surface area contributed by atoms with Gasteiger partial charge in [0.05, 0.1) is 18.4 Å². The molecule has 0 radical (unpaired) electrons. The predicted molar refractivity (Wildman–Crippen MR) is 75.4 cm³/mol. The smallest absolute Gasteiger partial charge is 0.128 e. The van der Waals surface area contributed by atoms with Gasteiger partial charge in [-0.2, -0.15) is 0 Å². The van der Waals surface area contributed by atoms with Crippen molar-refractivity contribution in [2.75, 3.05) is 20.2 Å². The molecule has 0 atom stereocenters. The van der Waals surface area contributed by atoms with Crippen LogP contribution in [0.2, 0.25) is 0 Å². The van der Waals surface area contributed by atoms with Gasteiger partial charge in [-0.3, -0.25) is 9.88 Å². The molecule has 0 unspecified atom stereocenters. The van der Waals surface area contributed by atoms with Gasteiger partial charge in [0.1, 0.15) is 5.75 Å². The maximum absolute atomic E-state index is 10.2. The highest BCUT2D eigenvalue weighted by molar-refractivity contribution is 5.41. The van der Waals surface area contributed by atoms with E-state index in [0.717, 1.165) is 55.0 Å². The van der Waals surface area contributed by atoms with Crippen LogP contribution in [-0.4, -0.2) is 40.8 Å². The lowest BCUT2D eigenvalue weighted by molar-refractivity contribution is -0.107. The highest BCUT2D eigenvalue weighted by Gasteiger charge is 2.40. The van der Waals surface area contributed by atoms with E-state index in [1.807, 2.05) is 20.0 Å². The van der Waals surface area contributed by atoms with Crippen LogP contribution >= 0.6 is 0 Å². The molecule has 1 aliphatic heterocycles. The zero-order chi connectivity index (χ0) is 14.0. The van der Waals surface area contributed by atoms with E-state index in [2.05, 4.69) is 16.8 Å². The number of methoxy groups -OCH3 is 1. The van der Waals surface area contributed by atoms with Crippen LogP contribution in [0.3, 0.4) is 0 Å². The predicted octanol–water partition coefficient (Wildman–Crippen LogP) is 2.05. The molecule has 1 N–H and O–H groups in total. The molecule has 0 spiro atoms. The highest BCUT2D eigenvalue weighted by atomic mass is 16.5. The summed E-state index contributed by atoms with van der Waals surface area (Å²) < 4.78 is 5.42. The summed E-state index contributed by atoms with van der Waals surface area (Å²) in [5, 5.41) is 10.2. The fourth-order valence-electron chi connectivity index (χ4n) is 2.96. The summed E-state index contributed by atoms with van der Waals surface area (Å²) in [6, 6.07) is 0. The molecule has 1 fully saturated rings. The van der Waals surface area contributed by atoms with Crippen LogP contribution in [0.5, 0.6) is 5.75 Å². The van der Waals surface area contributed by atoms with Crippen LogP contribution < -0.4 is 4.74 Å². The first-order chi connectivity index (χ1) is 8.99. The largest absolute Gasteiger partial charge is 0.496 e. The van der Waals surface area contributed by atoms with Gasteiger partial charge in [-0.15, -0.1) is 0 Å². The number of aryl methyl sites for hydroxylation is 1. The number of hydrogen-bond acceptors (Lipinski definition) is 4. The number of aliphatic hydroxyl groups is 1. The first-order valence-corrected chi connectivity index (χ1v) is 6.93. The van der Waals surface area contributed by atoms with E-state index >= 15 is 0 Å². The van der Waals surface area contributed by atoms with Gasteiger partial charge >= 0.3 is 0 Å². The maximum Gasteiger partial charge on any atom is 0.128 e. The summed E-state index contributed by atoms with van der Waals surface area (Å²) in [6.45, 7) is 8.44. The van der Waals surface area contributed by atoms with Crippen molar-refractivity contribution in [2.24, 2.45) is 0 Å². The van der Waals surface area contributed by atoms with Crippen molar-refractivity contribution in [3.63, 3.8) is 0 Å². The van der Waals surface area contributed by atoms with Crippen LogP contribution in [0.1, 0.15) is 36.6 Å². The second-order valence-electron chi connectivity index (χ2n) is 5.67. The van der Waals surface area contributed by atoms with Crippen LogP contribution in [0.25, 0.3) is 0 Å². The number of rotatable bonds is 5. The topological polar surface area (TPSA) is 45.6 Å². The molecule has 1 saturated heterocycles. The fraction of sp³-hybridized carbons (Fsp3) is 0.667. The lowest BCUT2D eigenvalue weighted by atomic mass is 9.89. The standard InChI is InChI=1S/C15H24N2O2/c1-5-6-15(18)9-17(10-15)8-13-12(3)14(19-4)11(2)7-16-13/h7,18H,5-6,8-10H2,1-4H3. The number of β-amino-alcohol motifs (C(OH)–C–C–N with tert-alkyl or cyclic N) is 1. The van der Waals surface area contributed by atoms with Gasteiger partial charge in [0, 0.05) is 37.0 Å². The second kappa shape index (κ2) is 5.47. The zero-order valence-corrected chi connectivity index (χ0v) is 12.4. The van der Waals surface area contributed by atoms with Crippen molar-refractivity contribution < 1.29 is 9.84 Å². The molecule has 0 saturated carbocycles. The van der Waals surface area contributed by atoms with Crippen LogP contribution in [0, 0.1) is 13.8 Å². The number of hydrogen-bond donors (Lipinski definition) is 1. The Bertz CT molecular complexity index is 454. The van der Waals surface area contributed by atoms with Gasteiger partial charge in [0.15, 0.2) is 0 Å². The van der Waals surface area contributed by atoms with Crippen molar-refractivity contribution in [3.05, 3.63) is 23.0 Å².